The molecule has 0 spiro atoms. The Labute approximate surface area is 116 Å². The van der Waals surface area contributed by atoms with Crippen molar-refractivity contribution in [2.24, 2.45) is 0 Å². The Morgan fingerprint density at radius 1 is 1.00 bits per heavy atom. The molecular weight excluding hydrogens is 260 g/mol. The van der Waals surface area contributed by atoms with E-state index in [4.69, 9.17) is 9.47 Å². The van der Waals surface area contributed by atoms with Crippen LogP contribution in [0.4, 0.5) is 0 Å². The summed E-state index contributed by atoms with van der Waals surface area (Å²) in [5.41, 5.74) is 0.417. The van der Waals surface area contributed by atoms with Crippen molar-refractivity contribution in [2.45, 2.75) is 0 Å². The molecule has 0 saturated carbocycles. The number of carbonyl (C=O) groups is 1. The summed E-state index contributed by atoms with van der Waals surface area (Å²) in [5, 5.41) is 19.9. The van der Waals surface area contributed by atoms with E-state index < -0.39 is 5.75 Å². The number of aromatic hydroxyl groups is 2. The van der Waals surface area contributed by atoms with E-state index in [1.807, 2.05) is 0 Å². The summed E-state index contributed by atoms with van der Waals surface area (Å²) < 4.78 is 9.89. The molecule has 0 aliphatic rings. The lowest BCUT2D eigenvalue weighted by Crippen LogP contribution is -2.03. The molecule has 0 bridgehead atoms. The van der Waals surface area contributed by atoms with Crippen molar-refractivity contribution < 1.29 is 24.5 Å². The van der Waals surface area contributed by atoms with Crippen molar-refractivity contribution in [1.82, 2.24) is 0 Å². The van der Waals surface area contributed by atoms with Gasteiger partial charge >= 0.3 is 0 Å². The van der Waals surface area contributed by atoms with Gasteiger partial charge in [-0.1, -0.05) is 30.3 Å². The van der Waals surface area contributed by atoms with Crippen LogP contribution in [0.2, 0.25) is 0 Å². The van der Waals surface area contributed by atoms with Gasteiger partial charge in [0.1, 0.15) is 0 Å². The van der Waals surface area contributed by atoms with E-state index in [-0.39, 0.29) is 28.6 Å². The maximum absolute atomic E-state index is 12.4. The minimum atomic E-state index is -0.417. The summed E-state index contributed by atoms with van der Waals surface area (Å²) in [5.74, 6) is -1.29. The van der Waals surface area contributed by atoms with Gasteiger partial charge in [-0.15, -0.1) is 0 Å². The molecule has 104 valence electrons. The van der Waals surface area contributed by atoms with Gasteiger partial charge < -0.3 is 19.7 Å². The van der Waals surface area contributed by atoms with E-state index in [1.54, 1.807) is 30.3 Å². The van der Waals surface area contributed by atoms with Crippen LogP contribution < -0.4 is 9.47 Å². The molecule has 2 aromatic carbocycles. The molecule has 0 radical (unpaired) electrons. The van der Waals surface area contributed by atoms with Crippen molar-refractivity contribution >= 4 is 5.78 Å². The Balaban J connectivity index is 2.60. The number of ether oxygens (including phenoxy) is 2. The van der Waals surface area contributed by atoms with Gasteiger partial charge in [-0.05, 0) is 6.07 Å². The number of ketones is 1. The van der Waals surface area contributed by atoms with Crippen LogP contribution in [0.1, 0.15) is 15.9 Å². The molecule has 0 aliphatic heterocycles. The number of rotatable bonds is 4. The summed E-state index contributed by atoms with van der Waals surface area (Å²) in [6.07, 6.45) is 0. The summed E-state index contributed by atoms with van der Waals surface area (Å²) in [6.45, 7) is 0. The fraction of sp³-hybridized carbons (Fsp3) is 0.133. The fourth-order valence-electron chi connectivity index (χ4n) is 1.88. The van der Waals surface area contributed by atoms with Crippen LogP contribution in [0.25, 0.3) is 0 Å². The number of hydrogen-bond donors (Lipinski definition) is 2. The third kappa shape index (κ3) is 2.25. The van der Waals surface area contributed by atoms with E-state index in [2.05, 4.69) is 0 Å². The zero-order chi connectivity index (χ0) is 14.7. The van der Waals surface area contributed by atoms with Gasteiger partial charge in [-0.25, -0.2) is 0 Å². The van der Waals surface area contributed by atoms with Crippen LogP contribution in [0.15, 0.2) is 36.4 Å². The summed E-state index contributed by atoms with van der Waals surface area (Å²) in [4.78, 5) is 12.4. The summed E-state index contributed by atoms with van der Waals surface area (Å²) in [7, 11) is 2.63. The van der Waals surface area contributed by atoms with Gasteiger partial charge in [-0.3, -0.25) is 4.79 Å². The molecule has 0 unspecified atom stereocenters. The number of phenolic OH excluding ortho intramolecular Hbond substituents is 2. The molecule has 0 aliphatic carbocycles. The molecule has 0 saturated heterocycles. The maximum Gasteiger partial charge on any atom is 0.207 e. The van der Waals surface area contributed by atoms with Crippen LogP contribution in [-0.4, -0.2) is 30.2 Å². The lowest BCUT2D eigenvalue weighted by molar-refractivity contribution is 0.103. The minimum Gasteiger partial charge on any atom is -0.504 e. The quantitative estimate of drug-likeness (QED) is 0.837. The van der Waals surface area contributed by atoms with Crippen LogP contribution in [0.5, 0.6) is 23.0 Å². The first-order valence-electron chi connectivity index (χ1n) is 5.86. The molecule has 0 heterocycles. The molecule has 2 N–H and O–H groups in total. The van der Waals surface area contributed by atoms with E-state index in [1.165, 1.54) is 20.3 Å². The first kappa shape index (κ1) is 13.7. The van der Waals surface area contributed by atoms with E-state index in [0.29, 0.717) is 5.56 Å². The Kier molecular flexibility index (Phi) is 3.79. The maximum atomic E-state index is 12.4. The Hall–Kier alpha value is -2.69. The van der Waals surface area contributed by atoms with Gasteiger partial charge in [0.15, 0.2) is 17.3 Å². The second-order valence-electron chi connectivity index (χ2n) is 4.05. The predicted octanol–water partition coefficient (Wildman–Crippen LogP) is 2.35. The molecule has 20 heavy (non-hydrogen) atoms. The monoisotopic (exact) mass is 274 g/mol. The lowest BCUT2D eigenvalue weighted by atomic mass is 10.0. The second kappa shape index (κ2) is 5.52. The first-order valence-corrected chi connectivity index (χ1v) is 5.86. The molecule has 2 rings (SSSR count). The zero-order valence-corrected chi connectivity index (χ0v) is 11.1. The number of methoxy groups -OCH3 is 2. The third-order valence-corrected chi connectivity index (χ3v) is 2.90. The van der Waals surface area contributed by atoms with Crippen molar-refractivity contribution in [3.8, 4) is 23.0 Å². The molecular formula is C15H14O5. The van der Waals surface area contributed by atoms with Crippen molar-refractivity contribution in [1.29, 1.82) is 0 Å². The molecule has 5 heteroatoms. The average molecular weight is 274 g/mol. The largest absolute Gasteiger partial charge is 0.504 e. The standard InChI is InChI=1S/C15H14O5/c1-19-11-8-10(13(17)15(20-2)14(11)18)12(16)9-6-4-3-5-7-9/h3-8,17-18H,1-2H3. The van der Waals surface area contributed by atoms with Gasteiger partial charge in [-0.2, -0.15) is 0 Å². The van der Waals surface area contributed by atoms with E-state index in [9.17, 15) is 15.0 Å². The van der Waals surface area contributed by atoms with E-state index in [0.717, 1.165) is 0 Å². The minimum absolute atomic E-state index is 0.00250. The van der Waals surface area contributed by atoms with Gasteiger partial charge in [0.05, 0.1) is 19.8 Å². The number of benzene rings is 2. The Morgan fingerprint density at radius 2 is 1.65 bits per heavy atom. The average Bonchev–Trinajstić information content (AvgIpc) is 2.48. The van der Waals surface area contributed by atoms with E-state index >= 15 is 0 Å². The van der Waals surface area contributed by atoms with Gasteiger partial charge in [0.25, 0.3) is 0 Å². The smallest absolute Gasteiger partial charge is 0.207 e. The number of hydrogen-bond acceptors (Lipinski definition) is 5. The molecule has 0 amide bonds. The van der Waals surface area contributed by atoms with Crippen molar-refractivity contribution in [3.63, 3.8) is 0 Å². The van der Waals surface area contributed by atoms with Crippen LogP contribution in [-0.2, 0) is 0 Å². The second-order valence-corrected chi connectivity index (χ2v) is 4.05. The number of carbonyl (C=O) groups excluding carboxylic acids is 1. The predicted molar refractivity (Wildman–Crippen MR) is 72.8 cm³/mol. The van der Waals surface area contributed by atoms with Crippen molar-refractivity contribution in [2.75, 3.05) is 14.2 Å². The molecule has 0 atom stereocenters. The van der Waals surface area contributed by atoms with Crippen LogP contribution in [0, 0.1) is 0 Å². The fourth-order valence-corrected chi connectivity index (χ4v) is 1.88. The topological polar surface area (TPSA) is 76.0 Å². The van der Waals surface area contributed by atoms with Crippen LogP contribution >= 0.6 is 0 Å². The first-order chi connectivity index (χ1) is 9.60. The Bertz CT molecular complexity index is 634. The summed E-state index contributed by atoms with van der Waals surface area (Å²) >= 11 is 0. The zero-order valence-electron chi connectivity index (χ0n) is 11.1. The molecule has 2 aromatic rings. The highest BCUT2D eigenvalue weighted by Crippen LogP contribution is 2.45. The van der Waals surface area contributed by atoms with Gasteiger partial charge in [0.2, 0.25) is 11.5 Å². The summed E-state index contributed by atoms with van der Waals surface area (Å²) in [6, 6.07) is 9.77. The third-order valence-electron chi connectivity index (χ3n) is 2.90. The van der Waals surface area contributed by atoms with Crippen molar-refractivity contribution in [3.05, 3.63) is 47.5 Å². The highest BCUT2D eigenvalue weighted by atomic mass is 16.5. The molecule has 5 nitrogen and oxygen atoms in total. The highest BCUT2D eigenvalue weighted by molar-refractivity contribution is 6.11. The molecule has 0 fully saturated rings. The normalized spacial score (nSPS) is 10.1. The highest BCUT2D eigenvalue weighted by Gasteiger charge is 2.23. The SMILES string of the molecule is COc1cc(C(=O)c2ccccc2)c(O)c(OC)c1O. The van der Waals surface area contributed by atoms with Crippen LogP contribution in [0.3, 0.4) is 0 Å². The molecule has 0 aromatic heterocycles. The lowest BCUT2D eigenvalue weighted by Gasteiger charge is -2.13. The van der Waals surface area contributed by atoms with Gasteiger partial charge in [0, 0.05) is 5.56 Å². The number of phenols is 2. The Morgan fingerprint density at radius 3 is 2.20 bits per heavy atom.